The second-order valence-corrected chi connectivity index (χ2v) is 4.50. The van der Waals surface area contributed by atoms with Crippen molar-refractivity contribution in [1.82, 2.24) is 0 Å². The lowest BCUT2D eigenvalue weighted by atomic mass is 10.2. The third-order valence-corrected chi connectivity index (χ3v) is 2.83. The summed E-state index contributed by atoms with van der Waals surface area (Å²) in [5.41, 5.74) is 2.10. The fourth-order valence-corrected chi connectivity index (χ4v) is 1.68. The van der Waals surface area contributed by atoms with Gasteiger partial charge in [0, 0.05) is 16.8 Å². The van der Waals surface area contributed by atoms with Crippen molar-refractivity contribution < 1.29 is 4.79 Å². The lowest BCUT2D eigenvalue weighted by Crippen LogP contribution is -2.07. The van der Waals surface area contributed by atoms with Gasteiger partial charge in [-0.25, -0.2) is 0 Å². The van der Waals surface area contributed by atoms with Crippen molar-refractivity contribution in [2.24, 2.45) is 0 Å². The Morgan fingerprint density at radius 2 is 1.75 bits per heavy atom. The van der Waals surface area contributed by atoms with Gasteiger partial charge in [0.15, 0.2) is 0 Å². The van der Waals surface area contributed by atoms with Crippen molar-refractivity contribution in [3.63, 3.8) is 0 Å². The van der Waals surface area contributed by atoms with E-state index in [1.54, 1.807) is 42.5 Å². The number of hydrogen-bond donors (Lipinski definition) is 1. The molecule has 0 aliphatic heterocycles. The zero-order valence-electron chi connectivity index (χ0n) is 10.5. The first kappa shape index (κ1) is 13.9. The first-order valence-corrected chi connectivity index (χ1v) is 6.30. The van der Waals surface area contributed by atoms with Crippen LogP contribution in [-0.2, 0) is 4.79 Å². The number of nitrogens with one attached hydrogen (secondary N) is 1. The number of amides is 1. The Morgan fingerprint density at radius 1 is 1.10 bits per heavy atom. The van der Waals surface area contributed by atoms with Gasteiger partial charge < -0.3 is 5.32 Å². The summed E-state index contributed by atoms with van der Waals surface area (Å²) in [6.07, 6.45) is 3.15. The Kier molecular flexibility index (Phi) is 4.54. The Morgan fingerprint density at radius 3 is 2.35 bits per heavy atom. The Labute approximate surface area is 122 Å². The van der Waals surface area contributed by atoms with Gasteiger partial charge >= 0.3 is 0 Å². The van der Waals surface area contributed by atoms with Gasteiger partial charge in [-0.05, 0) is 48.0 Å². The molecule has 98 valence electrons. The van der Waals surface area contributed by atoms with Gasteiger partial charge in [0.1, 0.15) is 0 Å². The van der Waals surface area contributed by atoms with Gasteiger partial charge in [-0.1, -0.05) is 23.7 Å². The van der Waals surface area contributed by atoms with E-state index in [9.17, 15) is 4.79 Å². The van der Waals surface area contributed by atoms with Crippen molar-refractivity contribution in [3.05, 3.63) is 70.8 Å². The van der Waals surface area contributed by atoms with Crippen LogP contribution >= 0.6 is 11.6 Å². The molecule has 0 radical (unpaired) electrons. The highest BCUT2D eigenvalue weighted by molar-refractivity contribution is 6.30. The lowest BCUT2D eigenvalue weighted by Gasteiger charge is -2.01. The van der Waals surface area contributed by atoms with Gasteiger partial charge in [-0.3, -0.25) is 4.79 Å². The third kappa shape index (κ3) is 3.98. The molecule has 0 aliphatic carbocycles. The highest BCUT2D eigenvalue weighted by Crippen LogP contribution is 2.11. The predicted octanol–water partition coefficient (Wildman–Crippen LogP) is 3.86. The molecule has 0 spiro atoms. The Hall–Kier alpha value is -2.57. The van der Waals surface area contributed by atoms with Crippen LogP contribution in [-0.4, -0.2) is 5.91 Å². The van der Waals surface area contributed by atoms with E-state index in [0.717, 1.165) is 5.56 Å². The molecule has 0 fully saturated rings. The van der Waals surface area contributed by atoms with E-state index in [1.165, 1.54) is 6.08 Å². The maximum absolute atomic E-state index is 11.7. The molecule has 4 heteroatoms. The molecule has 1 N–H and O–H groups in total. The quantitative estimate of drug-likeness (QED) is 0.869. The first-order valence-electron chi connectivity index (χ1n) is 5.92. The van der Waals surface area contributed by atoms with E-state index in [4.69, 9.17) is 16.9 Å². The fourth-order valence-electron chi connectivity index (χ4n) is 1.56. The molecule has 1 amide bonds. The molecule has 2 aromatic rings. The van der Waals surface area contributed by atoms with Crippen LogP contribution < -0.4 is 5.32 Å². The second kappa shape index (κ2) is 6.55. The Bertz CT molecular complexity index is 667. The van der Waals surface area contributed by atoms with Crippen LogP contribution in [0.1, 0.15) is 11.1 Å². The van der Waals surface area contributed by atoms with Crippen LogP contribution in [0.4, 0.5) is 5.69 Å². The number of nitrogens with zero attached hydrogens (tertiary/aromatic N) is 1. The molecule has 2 rings (SSSR count). The fraction of sp³-hybridized carbons (Fsp3) is 0. The predicted molar refractivity (Wildman–Crippen MR) is 80.3 cm³/mol. The van der Waals surface area contributed by atoms with Crippen LogP contribution in [0.3, 0.4) is 0 Å². The molecule has 0 saturated carbocycles. The summed E-state index contributed by atoms with van der Waals surface area (Å²) >= 11 is 5.78. The highest BCUT2D eigenvalue weighted by atomic mass is 35.5. The minimum atomic E-state index is -0.232. The minimum Gasteiger partial charge on any atom is -0.323 e. The number of carbonyl (C=O) groups is 1. The third-order valence-electron chi connectivity index (χ3n) is 2.58. The summed E-state index contributed by atoms with van der Waals surface area (Å²) in [6.45, 7) is 0. The minimum absolute atomic E-state index is 0.232. The molecule has 2 aromatic carbocycles. The summed E-state index contributed by atoms with van der Waals surface area (Å²) < 4.78 is 0. The summed E-state index contributed by atoms with van der Waals surface area (Å²) in [4.78, 5) is 11.7. The van der Waals surface area contributed by atoms with Gasteiger partial charge in [0.05, 0.1) is 11.6 Å². The SMILES string of the molecule is N#Cc1ccc(NC(=O)C=Cc2ccc(Cl)cc2)cc1. The van der Waals surface area contributed by atoms with Crippen LogP contribution in [0.15, 0.2) is 54.6 Å². The highest BCUT2D eigenvalue weighted by Gasteiger charge is 1.98. The zero-order valence-corrected chi connectivity index (χ0v) is 11.3. The van der Waals surface area contributed by atoms with Crippen LogP contribution in [0.25, 0.3) is 6.08 Å². The maximum atomic E-state index is 11.7. The number of halogens is 1. The summed E-state index contributed by atoms with van der Waals surface area (Å²) in [5.74, 6) is -0.232. The lowest BCUT2D eigenvalue weighted by molar-refractivity contribution is -0.111. The molecular weight excluding hydrogens is 272 g/mol. The molecule has 0 bridgehead atoms. The molecular formula is C16H11ClN2O. The van der Waals surface area contributed by atoms with E-state index in [-0.39, 0.29) is 5.91 Å². The van der Waals surface area contributed by atoms with Crippen LogP contribution in [0.5, 0.6) is 0 Å². The van der Waals surface area contributed by atoms with Gasteiger partial charge in [0.2, 0.25) is 5.91 Å². The number of nitriles is 1. The number of anilines is 1. The average Bonchev–Trinajstić information content (AvgIpc) is 2.47. The number of rotatable bonds is 3. The van der Waals surface area contributed by atoms with Crippen molar-refractivity contribution >= 4 is 29.3 Å². The number of benzene rings is 2. The number of hydrogen-bond acceptors (Lipinski definition) is 2. The standard InChI is InChI=1S/C16H11ClN2O/c17-14-6-1-12(2-7-14)5-10-16(20)19-15-8-3-13(11-18)4-9-15/h1-10H,(H,19,20). The van der Waals surface area contributed by atoms with Gasteiger partial charge in [-0.2, -0.15) is 5.26 Å². The topological polar surface area (TPSA) is 52.9 Å². The molecule has 0 aliphatic rings. The van der Waals surface area contributed by atoms with E-state index in [2.05, 4.69) is 5.32 Å². The van der Waals surface area contributed by atoms with Crippen LogP contribution in [0, 0.1) is 11.3 Å². The second-order valence-electron chi connectivity index (χ2n) is 4.06. The molecule has 0 heterocycles. The van der Waals surface area contributed by atoms with E-state index >= 15 is 0 Å². The number of carbonyl (C=O) groups excluding carboxylic acids is 1. The molecule has 20 heavy (non-hydrogen) atoms. The summed E-state index contributed by atoms with van der Waals surface area (Å²) in [5, 5.41) is 12.1. The molecule has 3 nitrogen and oxygen atoms in total. The molecule has 0 atom stereocenters. The zero-order chi connectivity index (χ0) is 14.4. The van der Waals surface area contributed by atoms with Crippen molar-refractivity contribution in [1.29, 1.82) is 5.26 Å². The van der Waals surface area contributed by atoms with Gasteiger partial charge in [-0.15, -0.1) is 0 Å². The molecule has 0 saturated heterocycles. The maximum Gasteiger partial charge on any atom is 0.248 e. The molecule has 0 aromatic heterocycles. The van der Waals surface area contributed by atoms with Crippen molar-refractivity contribution in [3.8, 4) is 6.07 Å². The summed E-state index contributed by atoms with van der Waals surface area (Å²) in [7, 11) is 0. The van der Waals surface area contributed by atoms with E-state index in [0.29, 0.717) is 16.3 Å². The average molecular weight is 283 g/mol. The smallest absolute Gasteiger partial charge is 0.248 e. The van der Waals surface area contributed by atoms with Gasteiger partial charge in [0.25, 0.3) is 0 Å². The Balaban J connectivity index is 1.98. The first-order chi connectivity index (χ1) is 9.67. The van der Waals surface area contributed by atoms with Crippen molar-refractivity contribution in [2.45, 2.75) is 0 Å². The largest absolute Gasteiger partial charge is 0.323 e. The van der Waals surface area contributed by atoms with E-state index < -0.39 is 0 Å². The summed E-state index contributed by atoms with van der Waals surface area (Å²) in [6, 6.07) is 15.9. The monoisotopic (exact) mass is 282 g/mol. The molecule has 0 unspecified atom stereocenters. The van der Waals surface area contributed by atoms with E-state index in [1.807, 2.05) is 18.2 Å². The van der Waals surface area contributed by atoms with Crippen molar-refractivity contribution in [2.75, 3.05) is 5.32 Å². The van der Waals surface area contributed by atoms with Crippen LogP contribution in [0.2, 0.25) is 5.02 Å². The normalized spacial score (nSPS) is 10.2.